The Balaban J connectivity index is 1.09. The van der Waals surface area contributed by atoms with Gasteiger partial charge in [-0.25, -0.2) is 0 Å². The number of nitrogens with zero attached hydrogens (tertiary/aromatic N) is 2. The molecule has 0 aliphatic heterocycles. The van der Waals surface area contributed by atoms with E-state index in [1.165, 1.54) is 38.5 Å². The van der Waals surface area contributed by atoms with Gasteiger partial charge in [-0.05, 0) is 87.4 Å². The minimum atomic E-state index is 0.132. The lowest BCUT2D eigenvalue weighted by Gasteiger charge is -2.56. The summed E-state index contributed by atoms with van der Waals surface area (Å²) in [5, 5.41) is 3.35. The molecule has 0 atom stereocenters. The number of carbonyl (C=O) groups is 1. The summed E-state index contributed by atoms with van der Waals surface area (Å²) >= 11 is 0. The summed E-state index contributed by atoms with van der Waals surface area (Å²) in [6.07, 6.45) is 16.1. The molecule has 0 radical (unpaired) electrons. The van der Waals surface area contributed by atoms with Crippen LogP contribution in [0.2, 0.25) is 0 Å². The molecule has 4 bridgehead atoms. The molecule has 5 aliphatic carbocycles. The Morgan fingerprint density at radius 2 is 1.66 bits per heavy atom. The summed E-state index contributed by atoms with van der Waals surface area (Å²) < 4.78 is 11.1. The van der Waals surface area contributed by atoms with Gasteiger partial charge in [0.1, 0.15) is 6.10 Å². The molecule has 5 aliphatic rings. The predicted octanol–water partition coefficient (Wildman–Crippen LogP) is 3.90. The summed E-state index contributed by atoms with van der Waals surface area (Å²) in [4.78, 5) is 21.2. The maximum Gasteiger partial charge on any atom is 0.235 e. The number of hydrogen-bond acceptors (Lipinski definition) is 5. The van der Waals surface area contributed by atoms with Crippen molar-refractivity contribution in [2.24, 2.45) is 23.2 Å². The van der Waals surface area contributed by atoms with Crippen LogP contribution >= 0.6 is 0 Å². The van der Waals surface area contributed by atoms with Crippen LogP contribution in [0.1, 0.15) is 70.6 Å². The van der Waals surface area contributed by atoms with Crippen molar-refractivity contribution in [1.29, 1.82) is 0 Å². The van der Waals surface area contributed by atoms with Crippen LogP contribution in [0.15, 0.2) is 12.4 Å². The van der Waals surface area contributed by atoms with Crippen molar-refractivity contribution in [3.05, 3.63) is 12.4 Å². The highest BCUT2D eigenvalue weighted by Gasteiger charge is 2.51. The monoisotopic (exact) mass is 399 g/mol. The number of nitrogens with one attached hydrogen (secondary N) is 1. The van der Waals surface area contributed by atoms with Gasteiger partial charge in [0.05, 0.1) is 19.5 Å². The highest BCUT2D eigenvalue weighted by Crippen LogP contribution is 2.61. The van der Waals surface area contributed by atoms with Crippen LogP contribution < -0.4 is 14.8 Å². The van der Waals surface area contributed by atoms with Crippen molar-refractivity contribution in [2.75, 3.05) is 7.11 Å². The normalized spacial score (nSPS) is 37.9. The van der Waals surface area contributed by atoms with E-state index in [0.717, 1.165) is 49.9 Å². The van der Waals surface area contributed by atoms with Crippen molar-refractivity contribution in [2.45, 2.75) is 82.8 Å². The van der Waals surface area contributed by atoms with Gasteiger partial charge in [0.2, 0.25) is 17.7 Å². The van der Waals surface area contributed by atoms with Crippen molar-refractivity contribution in [1.82, 2.24) is 15.3 Å². The topological polar surface area (TPSA) is 73.3 Å². The van der Waals surface area contributed by atoms with Crippen LogP contribution in [0, 0.1) is 23.2 Å². The molecular weight excluding hydrogens is 366 g/mol. The Bertz CT molecular complexity index is 709. The van der Waals surface area contributed by atoms with Gasteiger partial charge in [0.25, 0.3) is 0 Å². The molecule has 6 rings (SSSR count). The predicted molar refractivity (Wildman–Crippen MR) is 109 cm³/mol. The summed E-state index contributed by atoms with van der Waals surface area (Å²) in [5.41, 5.74) is 0.324. The van der Waals surface area contributed by atoms with E-state index in [0.29, 0.717) is 17.2 Å². The number of amides is 1. The van der Waals surface area contributed by atoms with Gasteiger partial charge < -0.3 is 14.8 Å². The fraction of sp³-hybridized carbons (Fsp3) is 0.783. The first-order valence-corrected chi connectivity index (χ1v) is 11.4. The average molecular weight is 400 g/mol. The number of aromatic nitrogens is 2. The second-order valence-corrected chi connectivity index (χ2v) is 10.2. The Morgan fingerprint density at radius 1 is 1.03 bits per heavy atom. The molecule has 29 heavy (non-hydrogen) atoms. The van der Waals surface area contributed by atoms with Crippen LogP contribution in [0.4, 0.5) is 0 Å². The van der Waals surface area contributed by atoms with Gasteiger partial charge in [-0.15, -0.1) is 0 Å². The smallest absolute Gasteiger partial charge is 0.235 e. The molecule has 0 aromatic carbocycles. The van der Waals surface area contributed by atoms with Crippen LogP contribution in [-0.4, -0.2) is 35.1 Å². The Hall–Kier alpha value is -1.85. The standard InChI is InChI=1S/C23H33N3O3/c1-28-21-13-24-14-22(26-21)29-19-4-2-18(3-5-19)25-20(27)12-23-9-15-6-16(10-23)8-17(7-15)11-23/h13-19H,2-12H2,1H3,(H,25,27). The minimum absolute atomic E-state index is 0.132. The molecule has 6 heteroatoms. The van der Waals surface area contributed by atoms with E-state index in [1.54, 1.807) is 19.5 Å². The minimum Gasteiger partial charge on any atom is -0.480 e. The Morgan fingerprint density at radius 3 is 2.28 bits per heavy atom. The molecule has 1 N–H and O–H groups in total. The van der Waals surface area contributed by atoms with E-state index in [-0.39, 0.29) is 18.1 Å². The Labute approximate surface area is 173 Å². The molecule has 1 amide bonds. The van der Waals surface area contributed by atoms with E-state index >= 15 is 0 Å². The number of rotatable bonds is 6. The van der Waals surface area contributed by atoms with Crippen LogP contribution in [0.3, 0.4) is 0 Å². The second-order valence-electron chi connectivity index (χ2n) is 10.2. The molecule has 0 unspecified atom stereocenters. The molecule has 158 valence electrons. The largest absolute Gasteiger partial charge is 0.480 e. The number of ether oxygens (including phenoxy) is 2. The SMILES string of the molecule is COc1cncc(OC2CCC(NC(=O)CC34CC5CC(CC(C5)C3)C4)CC2)n1. The van der Waals surface area contributed by atoms with Gasteiger partial charge in [0, 0.05) is 12.5 Å². The maximum absolute atomic E-state index is 12.9. The second kappa shape index (κ2) is 7.77. The lowest BCUT2D eigenvalue weighted by atomic mass is 9.49. The molecule has 5 fully saturated rings. The van der Waals surface area contributed by atoms with Crippen LogP contribution in [-0.2, 0) is 4.79 Å². The Kier molecular flexibility index (Phi) is 5.12. The van der Waals surface area contributed by atoms with E-state index in [1.807, 2.05) is 0 Å². The highest BCUT2D eigenvalue weighted by atomic mass is 16.5. The van der Waals surface area contributed by atoms with Crippen molar-refractivity contribution >= 4 is 5.91 Å². The molecule has 1 aromatic rings. The van der Waals surface area contributed by atoms with Gasteiger partial charge in [-0.3, -0.25) is 9.78 Å². The third-order valence-electron chi connectivity index (χ3n) is 7.83. The van der Waals surface area contributed by atoms with Crippen molar-refractivity contribution in [3.8, 4) is 11.8 Å². The summed E-state index contributed by atoms with van der Waals surface area (Å²) in [6.45, 7) is 0. The summed E-state index contributed by atoms with van der Waals surface area (Å²) in [5.74, 6) is 3.98. The fourth-order valence-electron chi connectivity index (χ4n) is 7.11. The number of hydrogen-bond donors (Lipinski definition) is 1. The average Bonchev–Trinajstić information content (AvgIpc) is 2.68. The molecule has 0 saturated heterocycles. The first-order chi connectivity index (χ1) is 14.1. The molecule has 6 nitrogen and oxygen atoms in total. The molecular formula is C23H33N3O3. The quantitative estimate of drug-likeness (QED) is 0.785. The van der Waals surface area contributed by atoms with Crippen molar-refractivity contribution < 1.29 is 14.3 Å². The molecule has 0 spiro atoms. The van der Waals surface area contributed by atoms with Gasteiger partial charge in [0.15, 0.2) is 0 Å². The number of carbonyl (C=O) groups excluding carboxylic acids is 1. The van der Waals surface area contributed by atoms with Crippen molar-refractivity contribution in [3.63, 3.8) is 0 Å². The lowest BCUT2D eigenvalue weighted by Crippen LogP contribution is -2.49. The van der Waals surface area contributed by atoms with E-state index in [2.05, 4.69) is 15.3 Å². The first kappa shape index (κ1) is 19.1. The first-order valence-electron chi connectivity index (χ1n) is 11.4. The molecule has 1 aromatic heterocycles. The van der Waals surface area contributed by atoms with Crippen LogP contribution in [0.5, 0.6) is 11.8 Å². The number of methoxy groups -OCH3 is 1. The molecule has 5 saturated carbocycles. The molecule has 1 heterocycles. The van der Waals surface area contributed by atoms with E-state index < -0.39 is 0 Å². The third-order valence-corrected chi connectivity index (χ3v) is 7.83. The summed E-state index contributed by atoms with van der Waals surface area (Å²) in [6, 6.07) is 0.285. The zero-order chi connectivity index (χ0) is 19.8. The van der Waals surface area contributed by atoms with Gasteiger partial charge >= 0.3 is 0 Å². The van der Waals surface area contributed by atoms with E-state index in [4.69, 9.17) is 9.47 Å². The zero-order valence-electron chi connectivity index (χ0n) is 17.4. The van der Waals surface area contributed by atoms with Gasteiger partial charge in [-0.2, -0.15) is 4.98 Å². The van der Waals surface area contributed by atoms with Gasteiger partial charge in [-0.1, -0.05) is 0 Å². The fourth-order valence-corrected chi connectivity index (χ4v) is 7.11. The lowest BCUT2D eigenvalue weighted by molar-refractivity contribution is -0.130. The summed E-state index contributed by atoms with van der Waals surface area (Å²) in [7, 11) is 1.57. The highest BCUT2D eigenvalue weighted by molar-refractivity contribution is 5.77. The van der Waals surface area contributed by atoms with E-state index in [9.17, 15) is 4.79 Å². The maximum atomic E-state index is 12.9. The third kappa shape index (κ3) is 4.22. The van der Waals surface area contributed by atoms with Crippen LogP contribution in [0.25, 0.3) is 0 Å². The zero-order valence-corrected chi connectivity index (χ0v) is 17.4.